The molecule has 1 aromatic carbocycles. The third kappa shape index (κ3) is 3.05. The van der Waals surface area contributed by atoms with Crippen LogP contribution in [0.15, 0.2) is 12.1 Å². The minimum absolute atomic E-state index is 0.0712. The van der Waals surface area contributed by atoms with Crippen LogP contribution in [-0.2, 0) is 6.54 Å². The van der Waals surface area contributed by atoms with Crippen molar-refractivity contribution in [1.82, 2.24) is 5.06 Å². The fourth-order valence-corrected chi connectivity index (χ4v) is 1.49. The summed E-state index contributed by atoms with van der Waals surface area (Å²) in [6.45, 7) is 0.154. The highest BCUT2D eigenvalue weighted by Crippen LogP contribution is 2.38. The zero-order valence-corrected chi connectivity index (χ0v) is 9.84. The summed E-state index contributed by atoms with van der Waals surface area (Å²) >= 11 is 0. The monoisotopic (exact) mass is 242 g/mol. The topological polar surface area (TPSA) is 85.1 Å². The summed E-state index contributed by atoms with van der Waals surface area (Å²) < 4.78 is 9.97. The Morgan fingerprint density at radius 2 is 2.06 bits per heavy atom. The Bertz CT molecular complexity index is 419. The molecule has 7 heteroatoms. The molecule has 1 N–H and O–H groups in total. The number of methoxy groups -OCH3 is 2. The summed E-state index contributed by atoms with van der Waals surface area (Å²) in [6.07, 6.45) is 0. The van der Waals surface area contributed by atoms with Crippen molar-refractivity contribution in [3.8, 4) is 11.5 Å². The Kier molecular flexibility index (Phi) is 4.24. The number of nitro benzene ring substituents is 1. The second kappa shape index (κ2) is 5.46. The molecule has 1 rings (SSSR count). The number of rotatable bonds is 5. The minimum Gasteiger partial charge on any atom is -0.493 e. The van der Waals surface area contributed by atoms with Crippen molar-refractivity contribution in [3.63, 3.8) is 0 Å². The molecule has 0 fully saturated rings. The van der Waals surface area contributed by atoms with Gasteiger partial charge in [-0.05, 0) is 11.6 Å². The zero-order chi connectivity index (χ0) is 13.0. The summed E-state index contributed by atoms with van der Waals surface area (Å²) in [5.74, 6) is 0.334. The van der Waals surface area contributed by atoms with Gasteiger partial charge in [0.1, 0.15) is 0 Å². The van der Waals surface area contributed by atoms with E-state index in [4.69, 9.17) is 14.7 Å². The van der Waals surface area contributed by atoms with E-state index in [1.165, 1.54) is 27.3 Å². The molecule has 0 aliphatic heterocycles. The molecule has 0 aliphatic rings. The van der Waals surface area contributed by atoms with Gasteiger partial charge in [-0.3, -0.25) is 10.1 Å². The maximum atomic E-state index is 10.9. The number of nitrogens with zero attached hydrogens (tertiary/aromatic N) is 2. The predicted molar refractivity (Wildman–Crippen MR) is 59.5 cm³/mol. The van der Waals surface area contributed by atoms with Crippen molar-refractivity contribution in [1.29, 1.82) is 0 Å². The molecule has 0 amide bonds. The number of hydrogen-bond acceptors (Lipinski definition) is 6. The molecule has 0 saturated heterocycles. The van der Waals surface area contributed by atoms with E-state index in [0.717, 1.165) is 5.06 Å². The molecule has 0 radical (unpaired) electrons. The highest BCUT2D eigenvalue weighted by atomic mass is 16.6. The first-order valence-electron chi connectivity index (χ1n) is 4.79. The molecule has 0 aromatic heterocycles. The van der Waals surface area contributed by atoms with Crippen molar-refractivity contribution in [2.24, 2.45) is 0 Å². The van der Waals surface area contributed by atoms with Crippen molar-refractivity contribution >= 4 is 5.69 Å². The first kappa shape index (κ1) is 13.2. The predicted octanol–water partition coefficient (Wildman–Crippen LogP) is 1.43. The van der Waals surface area contributed by atoms with Crippen LogP contribution in [0.3, 0.4) is 0 Å². The van der Waals surface area contributed by atoms with Crippen molar-refractivity contribution < 1.29 is 19.6 Å². The number of benzene rings is 1. The molecule has 7 nitrogen and oxygen atoms in total. The van der Waals surface area contributed by atoms with Crippen molar-refractivity contribution in [2.75, 3.05) is 21.3 Å². The van der Waals surface area contributed by atoms with Crippen LogP contribution in [0.1, 0.15) is 5.56 Å². The first-order chi connectivity index (χ1) is 7.99. The Balaban J connectivity index is 3.29. The van der Waals surface area contributed by atoms with E-state index < -0.39 is 4.92 Å². The van der Waals surface area contributed by atoms with Gasteiger partial charge in [0.2, 0.25) is 5.75 Å². The third-order valence-corrected chi connectivity index (χ3v) is 2.13. The van der Waals surface area contributed by atoms with Crippen LogP contribution in [0.2, 0.25) is 0 Å². The largest absolute Gasteiger partial charge is 0.493 e. The molecule has 94 valence electrons. The standard InChI is InChI=1S/C10H14N2O5/c1-11(13)6-7-4-8(12(14)15)10(17-3)9(5-7)16-2/h4-5,13H,6H2,1-3H3. The van der Waals surface area contributed by atoms with Gasteiger partial charge in [-0.1, -0.05) is 0 Å². The minimum atomic E-state index is -0.553. The number of hydrogen-bond donors (Lipinski definition) is 1. The molecule has 0 aliphatic carbocycles. The SMILES string of the molecule is COc1cc(CN(C)O)cc([N+](=O)[O-])c1OC. The van der Waals surface area contributed by atoms with E-state index in [1.807, 2.05) is 0 Å². The van der Waals surface area contributed by atoms with Crippen LogP contribution >= 0.6 is 0 Å². The van der Waals surface area contributed by atoms with E-state index in [0.29, 0.717) is 5.56 Å². The molecule has 0 saturated carbocycles. The van der Waals surface area contributed by atoms with Crippen LogP contribution in [0, 0.1) is 10.1 Å². The normalized spacial score (nSPS) is 10.4. The maximum Gasteiger partial charge on any atom is 0.315 e. The van der Waals surface area contributed by atoms with E-state index in [1.54, 1.807) is 6.07 Å². The average Bonchev–Trinajstić information content (AvgIpc) is 2.26. The third-order valence-electron chi connectivity index (χ3n) is 2.13. The lowest BCUT2D eigenvalue weighted by Gasteiger charge is -2.12. The highest BCUT2D eigenvalue weighted by Gasteiger charge is 2.21. The van der Waals surface area contributed by atoms with Crippen LogP contribution in [-0.4, -0.2) is 36.5 Å². The van der Waals surface area contributed by atoms with E-state index in [2.05, 4.69) is 0 Å². The number of nitro groups is 1. The second-order valence-electron chi connectivity index (χ2n) is 3.42. The summed E-state index contributed by atoms with van der Waals surface area (Å²) in [6, 6.07) is 2.92. The zero-order valence-electron chi connectivity index (χ0n) is 9.84. The molecular formula is C10H14N2O5. The lowest BCUT2D eigenvalue weighted by atomic mass is 10.1. The lowest BCUT2D eigenvalue weighted by molar-refractivity contribution is -0.385. The Morgan fingerprint density at radius 1 is 1.41 bits per heavy atom. The highest BCUT2D eigenvalue weighted by molar-refractivity contribution is 5.58. The van der Waals surface area contributed by atoms with Crippen LogP contribution in [0.25, 0.3) is 0 Å². The van der Waals surface area contributed by atoms with Gasteiger partial charge in [0.05, 0.1) is 19.1 Å². The van der Waals surface area contributed by atoms with Gasteiger partial charge in [0, 0.05) is 19.7 Å². The van der Waals surface area contributed by atoms with Crippen molar-refractivity contribution in [2.45, 2.75) is 6.54 Å². The molecule has 0 unspecified atom stereocenters. The number of ether oxygens (including phenoxy) is 2. The van der Waals surface area contributed by atoms with Gasteiger partial charge in [-0.15, -0.1) is 0 Å². The molecule has 17 heavy (non-hydrogen) atoms. The Morgan fingerprint density at radius 3 is 2.47 bits per heavy atom. The Labute approximate surface area is 98.3 Å². The number of hydroxylamine groups is 2. The molecule has 0 bridgehead atoms. The fourth-order valence-electron chi connectivity index (χ4n) is 1.49. The molecule has 0 spiro atoms. The maximum absolute atomic E-state index is 10.9. The van der Waals surface area contributed by atoms with Crippen LogP contribution in [0.5, 0.6) is 11.5 Å². The molecular weight excluding hydrogens is 228 g/mol. The van der Waals surface area contributed by atoms with Gasteiger partial charge in [0.15, 0.2) is 5.75 Å². The molecule has 1 aromatic rings. The average molecular weight is 242 g/mol. The van der Waals surface area contributed by atoms with Gasteiger partial charge in [-0.25, -0.2) is 0 Å². The van der Waals surface area contributed by atoms with Crippen molar-refractivity contribution in [3.05, 3.63) is 27.8 Å². The van der Waals surface area contributed by atoms with Crippen LogP contribution < -0.4 is 9.47 Å². The van der Waals surface area contributed by atoms with Gasteiger partial charge in [0.25, 0.3) is 0 Å². The van der Waals surface area contributed by atoms with Gasteiger partial charge in [-0.2, -0.15) is 5.06 Å². The first-order valence-corrected chi connectivity index (χ1v) is 4.79. The lowest BCUT2D eigenvalue weighted by Crippen LogP contribution is -2.12. The summed E-state index contributed by atoms with van der Waals surface area (Å²) in [4.78, 5) is 10.3. The Hall–Kier alpha value is -1.86. The molecule has 0 heterocycles. The second-order valence-corrected chi connectivity index (χ2v) is 3.42. The summed E-state index contributed by atoms with van der Waals surface area (Å²) in [7, 11) is 4.18. The van der Waals surface area contributed by atoms with E-state index in [9.17, 15) is 10.1 Å². The van der Waals surface area contributed by atoms with Gasteiger partial charge >= 0.3 is 5.69 Å². The fraction of sp³-hybridized carbons (Fsp3) is 0.400. The van der Waals surface area contributed by atoms with E-state index >= 15 is 0 Å². The quantitative estimate of drug-likeness (QED) is 0.621. The summed E-state index contributed by atoms with van der Waals surface area (Å²) in [5.41, 5.74) is 0.364. The smallest absolute Gasteiger partial charge is 0.315 e. The van der Waals surface area contributed by atoms with Gasteiger partial charge < -0.3 is 14.7 Å². The van der Waals surface area contributed by atoms with E-state index in [-0.39, 0.29) is 23.7 Å². The molecule has 0 atom stereocenters. The van der Waals surface area contributed by atoms with Crippen LogP contribution in [0.4, 0.5) is 5.69 Å². The summed E-state index contributed by atoms with van der Waals surface area (Å²) in [5, 5.41) is 20.9.